The van der Waals surface area contributed by atoms with E-state index < -0.39 is 0 Å². The first-order valence-corrected chi connectivity index (χ1v) is 9.49. The summed E-state index contributed by atoms with van der Waals surface area (Å²) in [5.74, 6) is 1.06. The van der Waals surface area contributed by atoms with Crippen LogP contribution in [0.1, 0.15) is 10.4 Å². The van der Waals surface area contributed by atoms with Crippen molar-refractivity contribution in [1.29, 1.82) is 0 Å². The zero-order chi connectivity index (χ0) is 20.6. The Bertz CT molecular complexity index is 938. The molecular weight excluding hydrogens is 364 g/mol. The van der Waals surface area contributed by atoms with Crippen molar-refractivity contribution in [2.24, 2.45) is 0 Å². The first kappa shape index (κ1) is 20.4. The molecule has 0 spiro atoms. The van der Waals surface area contributed by atoms with Gasteiger partial charge in [0.2, 0.25) is 0 Å². The molecule has 0 bridgehead atoms. The van der Waals surface area contributed by atoms with Crippen molar-refractivity contribution >= 4 is 11.6 Å². The van der Waals surface area contributed by atoms with E-state index in [2.05, 4.69) is 5.32 Å². The molecule has 0 saturated heterocycles. The van der Waals surface area contributed by atoms with Gasteiger partial charge in [-0.15, -0.1) is 0 Å². The van der Waals surface area contributed by atoms with Crippen LogP contribution in [0, 0.1) is 0 Å². The van der Waals surface area contributed by atoms with Gasteiger partial charge in [-0.05, 0) is 49.5 Å². The predicted octanol–water partition coefficient (Wildman–Crippen LogP) is 4.55. The largest absolute Gasteiger partial charge is 0.493 e. The van der Waals surface area contributed by atoms with Crippen LogP contribution in [0.3, 0.4) is 0 Å². The number of hydrogen-bond donors (Lipinski definition) is 1. The van der Waals surface area contributed by atoms with Gasteiger partial charge in [0.05, 0.1) is 7.11 Å². The molecular formula is C24H26N2O3. The van der Waals surface area contributed by atoms with Crippen LogP contribution in [0.15, 0.2) is 72.8 Å². The van der Waals surface area contributed by atoms with Gasteiger partial charge in [0, 0.05) is 23.9 Å². The maximum absolute atomic E-state index is 12.6. The number of likely N-dealkylation sites (N-methyl/N-ethyl adjacent to an activating group) is 1. The first-order chi connectivity index (χ1) is 14.1. The van der Waals surface area contributed by atoms with Crippen LogP contribution in [0.4, 0.5) is 5.69 Å². The molecule has 0 aliphatic rings. The number of methoxy groups -OCH3 is 1. The van der Waals surface area contributed by atoms with E-state index in [-0.39, 0.29) is 5.91 Å². The quantitative estimate of drug-likeness (QED) is 0.613. The molecule has 0 aliphatic carbocycles. The number of benzene rings is 3. The Labute approximate surface area is 171 Å². The number of carbonyl (C=O) groups excluding carboxylic acids is 1. The van der Waals surface area contributed by atoms with Gasteiger partial charge in [-0.2, -0.15) is 0 Å². The van der Waals surface area contributed by atoms with E-state index in [0.717, 1.165) is 17.7 Å². The Hall–Kier alpha value is -3.31. The highest BCUT2D eigenvalue weighted by Crippen LogP contribution is 2.30. The van der Waals surface area contributed by atoms with Crippen molar-refractivity contribution in [3.63, 3.8) is 0 Å². The molecule has 0 saturated carbocycles. The number of nitrogens with one attached hydrogen (secondary N) is 1. The number of nitrogens with zero attached hydrogens (tertiary/aromatic N) is 1. The number of rotatable bonds is 8. The molecule has 0 fully saturated rings. The molecule has 1 N–H and O–H groups in total. The van der Waals surface area contributed by atoms with Crippen molar-refractivity contribution in [3.05, 3.63) is 78.4 Å². The Balaban J connectivity index is 1.69. The van der Waals surface area contributed by atoms with Crippen LogP contribution in [0.2, 0.25) is 0 Å². The van der Waals surface area contributed by atoms with Crippen molar-refractivity contribution in [2.45, 2.75) is 0 Å². The number of amides is 1. The molecule has 5 nitrogen and oxygen atoms in total. The van der Waals surface area contributed by atoms with Gasteiger partial charge in [-0.1, -0.05) is 42.5 Å². The SMILES string of the molecule is COc1ccc(NC(=O)c2ccc(-c3ccccc3)cc2)cc1OCCN(C)C. The van der Waals surface area contributed by atoms with Crippen LogP contribution in [-0.2, 0) is 0 Å². The second kappa shape index (κ2) is 9.75. The third-order valence-electron chi connectivity index (χ3n) is 4.47. The average Bonchev–Trinajstić information content (AvgIpc) is 2.74. The lowest BCUT2D eigenvalue weighted by Crippen LogP contribution is -2.19. The third-order valence-corrected chi connectivity index (χ3v) is 4.47. The van der Waals surface area contributed by atoms with E-state index in [1.807, 2.05) is 73.6 Å². The minimum absolute atomic E-state index is 0.172. The highest BCUT2D eigenvalue weighted by molar-refractivity contribution is 6.04. The highest BCUT2D eigenvalue weighted by atomic mass is 16.5. The van der Waals surface area contributed by atoms with Crippen LogP contribution in [-0.4, -0.2) is 45.2 Å². The molecule has 0 aromatic heterocycles. The monoisotopic (exact) mass is 390 g/mol. The molecule has 3 aromatic rings. The van der Waals surface area contributed by atoms with Crippen LogP contribution in [0.5, 0.6) is 11.5 Å². The zero-order valence-electron chi connectivity index (χ0n) is 17.0. The molecule has 3 rings (SSSR count). The molecule has 0 heterocycles. The fraction of sp³-hybridized carbons (Fsp3) is 0.208. The second-order valence-corrected chi connectivity index (χ2v) is 6.91. The van der Waals surface area contributed by atoms with Gasteiger partial charge < -0.3 is 19.7 Å². The van der Waals surface area contributed by atoms with E-state index in [1.165, 1.54) is 0 Å². The van der Waals surface area contributed by atoms with Crippen molar-refractivity contribution in [2.75, 3.05) is 39.7 Å². The first-order valence-electron chi connectivity index (χ1n) is 9.49. The van der Waals surface area contributed by atoms with Gasteiger partial charge in [0.15, 0.2) is 11.5 Å². The maximum atomic E-state index is 12.6. The topological polar surface area (TPSA) is 50.8 Å². The smallest absolute Gasteiger partial charge is 0.255 e. The Morgan fingerprint density at radius 1 is 0.897 bits per heavy atom. The summed E-state index contributed by atoms with van der Waals surface area (Å²) in [5.41, 5.74) is 3.44. The Kier molecular flexibility index (Phi) is 6.87. The summed E-state index contributed by atoms with van der Waals surface area (Å²) in [6, 6.07) is 23.0. The van der Waals surface area contributed by atoms with Crippen LogP contribution < -0.4 is 14.8 Å². The van der Waals surface area contributed by atoms with Crippen LogP contribution >= 0.6 is 0 Å². The van der Waals surface area contributed by atoms with Gasteiger partial charge in [-0.3, -0.25) is 4.79 Å². The van der Waals surface area contributed by atoms with E-state index in [4.69, 9.17) is 9.47 Å². The van der Waals surface area contributed by atoms with E-state index >= 15 is 0 Å². The standard InChI is InChI=1S/C24H26N2O3/c1-26(2)15-16-29-23-17-21(13-14-22(23)28-3)25-24(27)20-11-9-19(10-12-20)18-7-5-4-6-8-18/h4-14,17H,15-16H2,1-3H3,(H,25,27). The fourth-order valence-electron chi connectivity index (χ4n) is 2.85. The molecule has 0 unspecified atom stereocenters. The minimum atomic E-state index is -0.172. The Morgan fingerprint density at radius 2 is 1.59 bits per heavy atom. The lowest BCUT2D eigenvalue weighted by Gasteiger charge is -2.15. The third kappa shape index (κ3) is 5.59. The van der Waals surface area contributed by atoms with Crippen molar-refractivity contribution in [3.8, 4) is 22.6 Å². The molecule has 0 atom stereocenters. The lowest BCUT2D eigenvalue weighted by molar-refractivity contribution is 0.102. The Morgan fingerprint density at radius 3 is 2.24 bits per heavy atom. The minimum Gasteiger partial charge on any atom is -0.493 e. The summed E-state index contributed by atoms with van der Waals surface area (Å²) in [7, 11) is 5.57. The summed E-state index contributed by atoms with van der Waals surface area (Å²) in [6.45, 7) is 1.31. The highest BCUT2D eigenvalue weighted by Gasteiger charge is 2.10. The molecule has 0 radical (unpaired) electrons. The normalized spacial score (nSPS) is 10.6. The molecule has 150 valence electrons. The fourth-order valence-corrected chi connectivity index (χ4v) is 2.85. The number of ether oxygens (including phenoxy) is 2. The second-order valence-electron chi connectivity index (χ2n) is 6.91. The van der Waals surface area contributed by atoms with Crippen molar-refractivity contribution in [1.82, 2.24) is 4.90 Å². The van der Waals surface area contributed by atoms with E-state index in [1.54, 1.807) is 25.3 Å². The summed E-state index contributed by atoms with van der Waals surface area (Å²) in [6.07, 6.45) is 0. The molecule has 1 amide bonds. The summed E-state index contributed by atoms with van der Waals surface area (Å²) in [5, 5.41) is 2.92. The lowest BCUT2D eigenvalue weighted by atomic mass is 10.0. The van der Waals surface area contributed by atoms with Gasteiger partial charge in [0.1, 0.15) is 6.61 Å². The van der Waals surface area contributed by atoms with Gasteiger partial charge in [0.25, 0.3) is 5.91 Å². The molecule has 29 heavy (non-hydrogen) atoms. The molecule has 0 aliphatic heterocycles. The van der Waals surface area contributed by atoms with Gasteiger partial charge >= 0.3 is 0 Å². The predicted molar refractivity (Wildman–Crippen MR) is 117 cm³/mol. The zero-order valence-corrected chi connectivity index (χ0v) is 17.0. The van der Waals surface area contributed by atoms with Crippen LogP contribution in [0.25, 0.3) is 11.1 Å². The van der Waals surface area contributed by atoms with Gasteiger partial charge in [-0.25, -0.2) is 0 Å². The summed E-state index contributed by atoms with van der Waals surface area (Å²) < 4.78 is 11.2. The maximum Gasteiger partial charge on any atom is 0.255 e. The van der Waals surface area contributed by atoms with E-state index in [9.17, 15) is 4.79 Å². The number of carbonyl (C=O) groups is 1. The average molecular weight is 390 g/mol. The summed E-state index contributed by atoms with van der Waals surface area (Å²) >= 11 is 0. The molecule has 5 heteroatoms. The summed E-state index contributed by atoms with van der Waals surface area (Å²) in [4.78, 5) is 14.7. The number of hydrogen-bond acceptors (Lipinski definition) is 4. The van der Waals surface area contributed by atoms with E-state index in [0.29, 0.717) is 29.4 Å². The molecule has 3 aromatic carbocycles. The van der Waals surface area contributed by atoms with Crippen molar-refractivity contribution < 1.29 is 14.3 Å². The number of anilines is 1.